The van der Waals surface area contributed by atoms with Crippen molar-refractivity contribution in [2.75, 3.05) is 5.73 Å². The van der Waals surface area contributed by atoms with Crippen molar-refractivity contribution in [2.24, 2.45) is 11.8 Å². The number of nitrogen functional groups attached to an aromatic ring is 1. The normalized spacial score (nSPS) is 22.8. The average Bonchev–Trinajstić information content (AvgIpc) is 2.38. The predicted octanol–water partition coefficient (Wildman–Crippen LogP) is 3.14. The van der Waals surface area contributed by atoms with E-state index >= 15 is 0 Å². The lowest BCUT2D eigenvalue weighted by molar-refractivity contribution is -0.121. The Morgan fingerprint density at radius 1 is 1.35 bits per heavy atom. The van der Waals surface area contributed by atoms with Crippen molar-refractivity contribution >= 4 is 11.6 Å². The highest BCUT2D eigenvalue weighted by atomic mass is 16.1. The van der Waals surface area contributed by atoms with Gasteiger partial charge in [0, 0.05) is 11.7 Å². The first kappa shape index (κ1) is 14.9. The summed E-state index contributed by atoms with van der Waals surface area (Å²) in [6, 6.07) is 7.92. The first-order valence-electron chi connectivity index (χ1n) is 7.70. The molecular weight excluding hydrogens is 248 g/mol. The van der Waals surface area contributed by atoms with Crippen molar-refractivity contribution in [1.29, 1.82) is 0 Å². The fraction of sp³-hybridized carbons (Fsp3) is 0.588. The van der Waals surface area contributed by atoms with Gasteiger partial charge in [0.2, 0.25) is 5.91 Å². The number of hydrogen-bond acceptors (Lipinski definition) is 2. The summed E-state index contributed by atoms with van der Waals surface area (Å²) in [4.78, 5) is 12.2. The molecule has 2 unspecified atom stereocenters. The molecule has 0 heterocycles. The van der Waals surface area contributed by atoms with Crippen LogP contribution in [0.4, 0.5) is 5.69 Å². The highest BCUT2D eigenvalue weighted by molar-refractivity contribution is 5.79. The minimum absolute atomic E-state index is 0.119. The number of nitrogens with two attached hydrogens (primary N) is 1. The SMILES string of the molecule is CC(C)C1CCCCC1NC(=O)Cc1cccc(N)c1. The van der Waals surface area contributed by atoms with Crippen molar-refractivity contribution in [3.8, 4) is 0 Å². The second-order valence-electron chi connectivity index (χ2n) is 6.29. The number of anilines is 1. The van der Waals surface area contributed by atoms with Crippen LogP contribution in [-0.4, -0.2) is 11.9 Å². The van der Waals surface area contributed by atoms with E-state index in [1.165, 1.54) is 19.3 Å². The van der Waals surface area contributed by atoms with Crippen molar-refractivity contribution in [3.63, 3.8) is 0 Å². The van der Waals surface area contributed by atoms with Crippen LogP contribution >= 0.6 is 0 Å². The summed E-state index contributed by atoms with van der Waals surface area (Å²) >= 11 is 0. The maximum absolute atomic E-state index is 12.2. The molecule has 1 aliphatic carbocycles. The Morgan fingerprint density at radius 3 is 2.80 bits per heavy atom. The summed E-state index contributed by atoms with van der Waals surface area (Å²) in [5.74, 6) is 1.37. The molecule has 110 valence electrons. The van der Waals surface area contributed by atoms with E-state index in [9.17, 15) is 4.79 Å². The van der Waals surface area contributed by atoms with E-state index in [1.807, 2.05) is 24.3 Å². The molecule has 1 fully saturated rings. The van der Waals surface area contributed by atoms with Gasteiger partial charge in [-0.15, -0.1) is 0 Å². The van der Waals surface area contributed by atoms with Crippen LogP contribution < -0.4 is 11.1 Å². The molecule has 1 aliphatic rings. The molecule has 0 aliphatic heterocycles. The highest BCUT2D eigenvalue weighted by Crippen LogP contribution is 2.30. The molecule has 0 saturated heterocycles. The summed E-state index contributed by atoms with van der Waals surface area (Å²) in [6.07, 6.45) is 5.30. The Morgan fingerprint density at radius 2 is 2.10 bits per heavy atom. The van der Waals surface area contributed by atoms with E-state index in [2.05, 4.69) is 19.2 Å². The molecule has 1 aromatic carbocycles. The quantitative estimate of drug-likeness (QED) is 0.829. The van der Waals surface area contributed by atoms with E-state index in [0.29, 0.717) is 30.0 Å². The van der Waals surface area contributed by atoms with Gasteiger partial charge in [0.15, 0.2) is 0 Å². The molecular formula is C17H26N2O. The molecule has 1 saturated carbocycles. The molecule has 20 heavy (non-hydrogen) atoms. The topological polar surface area (TPSA) is 55.1 Å². The average molecular weight is 274 g/mol. The Balaban J connectivity index is 1.93. The standard InChI is InChI=1S/C17H26N2O/c1-12(2)15-8-3-4-9-16(15)19-17(20)11-13-6-5-7-14(18)10-13/h5-7,10,12,15-16H,3-4,8-9,11,18H2,1-2H3,(H,19,20). The van der Waals surface area contributed by atoms with Gasteiger partial charge in [0.05, 0.1) is 6.42 Å². The van der Waals surface area contributed by atoms with Gasteiger partial charge in [-0.05, 0) is 42.4 Å². The van der Waals surface area contributed by atoms with E-state index in [4.69, 9.17) is 5.73 Å². The Bertz CT molecular complexity index is 456. The van der Waals surface area contributed by atoms with E-state index in [-0.39, 0.29) is 5.91 Å². The maximum Gasteiger partial charge on any atom is 0.224 e. The number of hydrogen-bond donors (Lipinski definition) is 2. The Kier molecular flexibility index (Phi) is 5.05. The summed E-state index contributed by atoms with van der Waals surface area (Å²) in [5, 5.41) is 3.24. The number of rotatable bonds is 4. The predicted molar refractivity (Wildman–Crippen MR) is 83.3 cm³/mol. The van der Waals surface area contributed by atoms with Crippen LogP contribution in [-0.2, 0) is 11.2 Å². The fourth-order valence-corrected chi connectivity index (χ4v) is 3.28. The molecule has 3 heteroatoms. The summed E-state index contributed by atoms with van der Waals surface area (Å²) in [7, 11) is 0. The molecule has 1 amide bonds. The van der Waals surface area contributed by atoms with Crippen LogP contribution in [0, 0.1) is 11.8 Å². The van der Waals surface area contributed by atoms with E-state index in [1.54, 1.807) is 0 Å². The largest absolute Gasteiger partial charge is 0.399 e. The van der Waals surface area contributed by atoms with Gasteiger partial charge in [-0.3, -0.25) is 4.79 Å². The number of nitrogens with one attached hydrogen (secondary N) is 1. The molecule has 0 bridgehead atoms. The lowest BCUT2D eigenvalue weighted by Gasteiger charge is -2.35. The van der Waals surface area contributed by atoms with Gasteiger partial charge < -0.3 is 11.1 Å². The third-order valence-corrected chi connectivity index (χ3v) is 4.34. The molecule has 0 aromatic heterocycles. The molecule has 3 nitrogen and oxygen atoms in total. The van der Waals surface area contributed by atoms with Crippen LogP contribution in [0.25, 0.3) is 0 Å². The lowest BCUT2D eigenvalue weighted by Crippen LogP contribution is -2.44. The van der Waals surface area contributed by atoms with Crippen molar-refractivity contribution in [1.82, 2.24) is 5.32 Å². The Labute approximate surface area is 121 Å². The first-order valence-corrected chi connectivity index (χ1v) is 7.70. The zero-order chi connectivity index (χ0) is 14.5. The number of carbonyl (C=O) groups excluding carboxylic acids is 1. The monoisotopic (exact) mass is 274 g/mol. The van der Waals surface area contributed by atoms with E-state index in [0.717, 1.165) is 12.0 Å². The van der Waals surface area contributed by atoms with Crippen LogP contribution in [0.15, 0.2) is 24.3 Å². The van der Waals surface area contributed by atoms with Gasteiger partial charge in [-0.1, -0.05) is 38.8 Å². The zero-order valence-electron chi connectivity index (χ0n) is 12.6. The third-order valence-electron chi connectivity index (χ3n) is 4.34. The summed E-state index contributed by atoms with van der Waals surface area (Å²) < 4.78 is 0. The van der Waals surface area contributed by atoms with Crippen molar-refractivity contribution in [3.05, 3.63) is 29.8 Å². The highest BCUT2D eigenvalue weighted by Gasteiger charge is 2.28. The Hall–Kier alpha value is -1.51. The second kappa shape index (κ2) is 6.78. The fourth-order valence-electron chi connectivity index (χ4n) is 3.28. The van der Waals surface area contributed by atoms with Gasteiger partial charge in [-0.25, -0.2) is 0 Å². The molecule has 0 radical (unpaired) electrons. The van der Waals surface area contributed by atoms with Crippen LogP contribution in [0.1, 0.15) is 45.1 Å². The van der Waals surface area contributed by atoms with Crippen LogP contribution in [0.2, 0.25) is 0 Å². The van der Waals surface area contributed by atoms with Crippen molar-refractivity contribution in [2.45, 2.75) is 52.0 Å². The second-order valence-corrected chi connectivity index (χ2v) is 6.29. The molecule has 3 N–H and O–H groups in total. The van der Waals surface area contributed by atoms with Crippen molar-refractivity contribution < 1.29 is 4.79 Å². The third kappa shape index (κ3) is 3.99. The molecule has 1 aromatic rings. The smallest absolute Gasteiger partial charge is 0.224 e. The summed E-state index contributed by atoms with van der Waals surface area (Å²) in [5.41, 5.74) is 7.45. The summed E-state index contributed by atoms with van der Waals surface area (Å²) in [6.45, 7) is 4.51. The minimum atomic E-state index is 0.119. The number of amides is 1. The van der Waals surface area contributed by atoms with Crippen LogP contribution in [0.5, 0.6) is 0 Å². The molecule has 0 spiro atoms. The van der Waals surface area contributed by atoms with Gasteiger partial charge in [0.1, 0.15) is 0 Å². The first-order chi connectivity index (χ1) is 9.56. The van der Waals surface area contributed by atoms with E-state index < -0.39 is 0 Å². The number of benzene rings is 1. The van der Waals surface area contributed by atoms with Gasteiger partial charge >= 0.3 is 0 Å². The maximum atomic E-state index is 12.2. The zero-order valence-corrected chi connectivity index (χ0v) is 12.6. The lowest BCUT2D eigenvalue weighted by atomic mass is 9.78. The minimum Gasteiger partial charge on any atom is -0.399 e. The molecule has 2 atom stereocenters. The molecule has 2 rings (SSSR count). The van der Waals surface area contributed by atoms with Gasteiger partial charge in [-0.2, -0.15) is 0 Å². The number of carbonyl (C=O) groups is 1. The van der Waals surface area contributed by atoms with Crippen LogP contribution in [0.3, 0.4) is 0 Å². The van der Waals surface area contributed by atoms with Gasteiger partial charge in [0.25, 0.3) is 0 Å².